The van der Waals surface area contributed by atoms with Crippen molar-refractivity contribution in [3.05, 3.63) is 28.2 Å². The molecule has 1 atom stereocenters. The van der Waals surface area contributed by atoms with Crippen molar-refractivity contribution in [2.75, 3.05) is 11.9 Å². The fourth-order valence-electron chi connectivity index (χ4n) is 1.64. The Morgan fingerprint density at radius 1 is 1.32 bits per heavy atom. The third-order valence-electron chi connectivity index (χ3n) is 2.97. The van der Waals surface area contributed by atoms with E-state index in [4.69, 9.17) is 0 Å². The summed E-state index contributed by atoms with van der Waals surface area (Å²) in [5.74, 6) is 0.647. The van der Waals surface area contributed by atoms with Crippen LogP contribution in [0.4, 0.5) is 5.69 Å². The molecule has 1 rings (SSSR count). The van der Waals surface area contributed by atoms with Crippen LogP contribution in [0.2, 0.25) is 0 Å². The molecule has 0 radical (unpaired) electrons. The molecule has 0 aliphatic heterocycles. The van der Waals surface area contributed by atoms with Gasteiger partial charge >= 0.3 is 0 Å². The van der Waals surface area contributed by atoms with Gasteiger partial charge in [-0.15, -0.1) is 0 Å². The maximum atomic E-state index is 11.9. The Kier molecular flexibility index (Phi) is 6.35. The van der Waals surface area contributed by atoms with Crippen molar-refractivity contribution in [2.45, 2.75) is 40.2 Å². The molecule has 0 aromatic heterocycles. The smallest absolute Gasteiger partial charge is 0.242 e. The topological polar surface area (TPSA) is 41.1 Å². The van der Waals surface area contributed by atoms with Gasteiger partial charge in [0.15, 0.2) is 0 Å². The number of rotatable bonds is 6. The summed E-state index contributed by atoms with van der Waals surface area (Å²) in [6.07, 6.45) is 1.01. The van der Waals surface area contributed by atoms with Crippen molar-refractivity contribution in [3.8, 4) is 0 Å². The van der Waals surface area contributed by atoms with Crippen LogP contribution in [0.1, 0.15) is 32.8 Å². The Morgan fingerprint density at radius 3 is 2.58 bits per heavy atom. The summed E-state index contributed by atoms with van der Waals surface area (Å²) in [6, 6.07) is 5.77. The van der Waals surface area contributed by atoms with Crippen LogP contribution in [0.25, 0.3) is 0 Å². The largest absolute Gasteiger partial charge is 0.374 e. The van der Waals surface area contributed by atoms with Crippen LogP contribution in [-0.4, -0.2) is 18.5 Å². The third-order valence-corrected chi connectivity index (χ3v) is 3.82. The van der Waals surface area contributed by atoms with E-state index in [1.165, 1.54) is 5.56 Å². The molecule has 1 unspecified atom stereocenters. The second-order valence-corrected chi connectivity index (χ2v) is 6.16. The number of amides is 1. The second-order valence-electron chi connectivity index (χ2n) is 5.30. The molecule has 0 aliphatic rings. The zero-order valence-electron chi connectivity index (χ0n) is 12.1. The Morgan fingerprint density at radius 2 is 2.00 bits per heavy atom. The molecule has 19 heavy (non-hydrogen) atoms. The summed E-state index contributed by atoms with van der Waals surface area (Å²) in [5, 5.41) is 6.15. The van der Waals surface area contributed by atoms with E-state index in [0.717, 1.165) is 23.1 Å². The molecular weight excluding hydrogens is 304 g/mol. The maximum Gasteiger partial charge on any atom is 0.242 e. The van der Waals surface area contributed by atoms with Gasteiger partial charge in [-0.1, -0.05) is 35.8 Å². The Hall–Kier alpha value is -1.03. The Balaban J connectivity index is 2.47. The lowest BCUT2D eigenvalue weighted by atomic mass is 10.1. The standard InChI is InChI=1S/C15H23BrN2O/c1-10(2)7-8-17-15(19)12(4)18-13-6-5-11(3)14(16)9-13/h5-6,9-10,12,18H,7-8H2,1-4H3,(H,17,19). The lowest BCUT2D eigenvalue weighted by Gasteiger charge is -2.16. The van der Waals surface area contributed by atoms with Crippen molar-refractivity contribution in [3.63, 3.8) is 0 Å². The van der Waals surface area contributed by atoms with Crippen molar-refractivity contribution in [2.24, 2.45) is 5.92 Å². The first kappa shape index (κ1) is 16.0. The highest BCUT2D eigenvalue weighted by molar-refractivity contribution is 9.10. The highest BCUT2D eigenvalue weighted by Crippen LogP contribution is 2.21. The molecule has 0 bridgehead atoms. The minimum Gasteiger partial charge on any atom is -0.374 e. The van der Waals surface area contributed by atoms with Crippen LogP contribution < -0.4 is 10.6 Å². The molecular formula is C15H23BrN2O. The van der Waals surface area contributed by atoms with E-state index in [1.54, 1.807) is 0 Å². The number of hydrogen-bond acceptors (Lipinski definition) is 2. The van der Waals surface area contributed by atoms with Gasteiger partial charge in [0.25, 0.3) is 0 Å². The quantitative estimate of drug-likeness (QED) is 0.836. The molecule has 0 heterocycles. The average molecular weight is 327 g/mol. The zero-order chi connectivity index (χ0) is 14.4. The third kappa shape index (κ3) is 5.64. The first-order valence-corrected chi connectivity index (χ1v) is 7.50. The molecule has 2 N–H and O–H groups in total. The molecule has 0 aliphatic carbocycles. The van der Waals surface area contributed by atoms with E-state index < -0.39 is 0 Å². The number of anilines is 1. The average Bonchev–Trinajstić information content (AvgIpc) is 2.33. The monoisotopic (exact) mass is 326 g/mol. The minimum absolute atomic E-state index is 0.0392. The molecule has 0 fully saturated rings. The zero-order valence-corrected chi connectivity index (χ0v) is 13.7. The maximum absolute atomic E-state index is 11.9. The van der Waals surface area contributed by atoms with Gasteiger partial charge in [0.2, 0.25) is 5.91 Å². The van der Waals surface area contributed by atoms with Gasteiger partial charge in [0.05, 0.1) is 0 Å². The van der Waals surface area contributed by atoms with E-state index >= 15 is 0 Å². The molecule has 0 saturated carbocycles. The molecule has 1 amide bonds. The van der Waals surface area contributed by atoms with Gasteiger partial charge in [-0.05, 0) is 43.9 Å². The summed E-state index contributed by atoms with van der Waals surface area (Å²) >= 11 is 3.49. The SMILES string of the molecule is Cc1ccc(NC(C)C(=O)NCCC(C)C)cc1Br. The lowest BCUT2D eigenvalue weighted by Crippen LogP contribution is -2.38. The van der Waals surface area contributed by atoms with E-state index in [2.05, 4.69) is 40.4 Å². The highest BCUT2D eigenvalue weighted by atomic mass is 79.9. The Labute approximate surface area is 124 Å². The van der Waals surface area contributed by atoms with Crippen LogP contribution in [0, 0.1) is 12.8 Å². The highest BCUT2D eigenvalue weighted by Gasteiger charge is 2.12. The molecule has 106 valence electrons. The van der Waals surface area contributed by atoms with Crippen LogP contribution in [0.15, 0.2) is 22.7 Å². The van der Waals surface area contributed by atoms with Crippen LogP contribution in [-0.2, 0) is 4.79 Å². The van der Waals surface area contributed by atoms with Crippen molar-refractivity contribution < 1.29 is 4.79 Å². The number of nitrogens with one attached hydrogen (secondary N) is 2. The van der Waals surface area contributed by atoms with Crippen molar-refractivity contribution in [1.29, 1.82) is 0 Å². The number of carbonyl (C=O) groups excluding carboxylic acids is 1. The van der Waals surface area contributed by atoms with Crippen molar-refractivity contribution >= 4 is 27.5 Å². The van der Waals surface area contributed by atoms with E-state index in [1.807, 2.05) is 32.0 Å². The first-order chi connectivity index (χ1) is 8.90. The van der Waals surface area contributed by atoms with Gasteiger partial charge in [-0.25, -0.2) is 0 Å². The van der Waals surface area contributed by atoms with Gasteiger partial charge in [-0.2, -0.15) is 0 Å². The van der Waals surface area contributed by atoms with Crippen molar-refractivity contribution in [1.82, 2.24) is 5.32 Å². The lowest BCUT2D eigenvalue weighted by molar-refractivity contribution is -0.121. The summed E-state index contributed by atoms with van der Waals surface area (Å²) < 4.78 is 1.05. The number of halogens is 1. The van der Waals surface area contributed by atoms with Gasteiger partial charge in [0.1, 0.15) is 6.04 Å². The molecule has 0 saturated heterocycles. The normalized spacial score (nSPS) is 12.3. The van der Waals surface area contributed by atoms with Gasteiger partial charge in [0, 0.05) is 16.7 Å². The predicted octanol–water partition coefficient (Wildman–Crippen LogP) is 3.72. The fourth-order valence-corrected chi connectivity index (χ4v) is 2.01. The number of carbonyl (C=O) groups is 1. The first-order valence-electron chi connectivity index (χ1n) is 6.70. The molecule has 3 nitrogen and oxygen atoms in total. The summed E-state index contributed by atoms with van der Waals surface area (Å²) in [6.45, 7) is 8.95. The minimum atomic E-state index is -0.234. The van der Waals surface area contributed by atoms with Crippen LogP contribution in [0.3, 0.4) is 0 Å². The van der Waals surface area contributed by atoms with E-state index in [0.29, 0.717) is 5.92 Å². The summed E-state index contributed by atoms with van der Waals surface area (Å²) in [4.78, 5) is 11.9. The number of hydrogen-bond donors (Lipinski definition) is 2. The van der Waals surface area contributed by atoms with E-state index in [9.17, 15) is 4.79 Å². The molecule has 0 spiro atoms. The second kappa shape index (κ2) is 7.53. The molecule has 1 aromatic carbocycles. The summed E-state index contributed by atoms with van der Waals surface area (Å²) in [5.41, 5.74) is 2.13. The van der Waals surface area contributed by atoms with Crippen LogP contribution in [0.5, 0.6) is 0 Å². The van der Waals surface area contributed by atoms with Crippen LogP contribution >= 0.6 is 15.9 Å². The van der Waals surface area contributed by atoms with E-state index in [-0.39, 0.29) is 11.9 Å². The molecule has 4 heteroatoms. The van der Waals surface area contributed by atoms with Gasteiger partial charge < -0.3 is 10.6 Å². The molecule has 1 aromatic rings. The number of aryl methyl sites for hydroxylation is 1. The predicted molar refractivity (Wildman–Crippen MR) is 84.4 cm³/mol. The fraction of sp³-hybridized carbons (Fsp3) is 0.533. The van der Waals surface area contributed by atoms with Gasteiger partial charge in [-0.3, -0.25) is 4.79 Å². The number of benzene rings is 1. The Bertz CT molecular complexity index is 432. The summed E-state index contributed by atoms with van der Waals surface area (Å²) in [7, 11) is 0.